The van der Waals surface area contributed by atoms with Gasteiger partial charge in [-0.05, 0) is 35.6 Å². The fraction of sp³-hybridized carbons (Fsp3) is 0.300. The van der Waals surface area contributed by atoms with E-state index in [1.54, 1.807) is 24.3 Å². The van der Waals surface area contributed by atoms with Crippen LogP contribution in [0.1, 0.15) is 41.3 Å². The van der Waals surface area contributed by atoms with Crippen LogP contribution >= 0.6 is 0 Å². The van der Waals surface area contributed by atoms with Gasteiger partial charge in [0.25, 0.3) is 5.91 Å². The van der Waals surface area contributed by atoms with Crippen molar-refractivity contribution >= 4 is 11.8 Å². The Bertz CT molecular complexity index is 664. The van der Waals surface area contributed by atoms with E-state index in [0.29, 0.717) is 18.0 Å². The first-order valence-electron chi connectivity index (χ1n) is 8.25. The zero-order valence-corrected chi connectivity index (χ0v) is 14.2. The van der Waals surface area contributed by atoms with Gasteiger partial charge in [-0.3, -0.25) is 9.59 Å². The third kappa shape index (κ3) is 5.54. The van der Waals surface area contributed by atoms with Gasteiger partial charge in [0.05, 0.1) is 6.54 Å². The summed E-state index contributed by atoms with van der Waals surface area (Å²) >= 11 is 0. The van der Waals surface area contributed by atoms with Crippen molar-refractivity contribution in [3.63, 3.8) is 0 Å². The van der Waals surface area contributed by atoms with Crippen molar-refractivity contribution in [1.82, 2.24) is 10.6 Å². The number of rotatable bonds is 7. The summed E-state index contributed by atoms with van der Waals surface area (Å²) in [6, 6.07) is 17.3. The Morgan fingerprint density at radius 3 is 2.21 bits per heavy atom. The van der Waals surface area contributed by atoms with Gasteiger partial charge in [0.2, 0.25) is 5.91 Å². The summed E-state index contributed by atoms with van der Waals surface area (Å²) in [5, 5.41) is 5.44. The van der Waals surface area contributed by atoms with E-state index in [1.807, 2.05) is 6.07 Å². The molecule has 0 aromatic heterocycles. The standard InChI is InChI=1S/C20H24N2O2/c1-15(2)17-10-8-16(9-11-17)12-13-21-19(23)14-22-20(24)18-6-4-3-5-7-18/h3-11,15H,12-14H2,1-2H3,(H,21,23)(H,22,24). The van der Waals surface area contributed by atoms with E-state index in [2.05, 4.69) is 48.7 Å². The Kier molecular flexibility index (Phi) is 6.55. The van der Waals surface area contributed by atoms with Crippen LogP contribution in [0.5, 0.6) is 0 Å². The lowest BCUT2D eigenvalue weighted by atomic mass is 10.0. The van der Waals surface area contributed by atoms with E-state index in [1.165, 1.54) is 11.1 Å². The highest BCUT2D eigenvalue weighted by molar-refractivity contribution is 5.96. The number of hydrogen-bond acceptors (Lipinski definition) is 2. The molecule has 4 heteroatoms. The van der Waals surface area contributed by atoms with Gasteiger partial charge >= 0.3 is 0 Å². The van der Waals surface area contributed by atoms with Crippen LogP contribution < -0.4 is 10.6 Å². The quantitative estimate of drug-likeness (QED) is 0.823. The lowest BCUT2D eigenvalue weighted by molar-refractivity contribution is -0.120. The zero-order chi connectivity index (χ0) is 17.4. The van der Waals surface area contributed by atoms with E-state index < -0.39 is 0 Å². The monoisotopic (exact) mass is 324 g/mol. The summed E-state index contributed by atoms with van der Waals surface area (Å²) in [7, 11) is 0. The summed E-state index contributed by atoms with van der Waals surface area (Å²) in [5.41, 5.74) is 3.05. The Hall–Kier alpha value is -2.62. The predicted octanol–water partition coefficient (Wildman–Crippen LogP) is 2.90. The van der Waals surface area contributed by atoms with Crippen molar-refractivity contribution in [2.75, 3.05) is 13.1 Å². The van der Waals surface area contributed by atoms with E-state index >= 15 is 0 Å². The van der Waals surface area contributed by atoms with Crippen LogP contribution in [0.3, 0.4) is 0 Å². The minimum atomic E-state index is -0.241. The summed E-state index contributed by atoms with van der Waals surface area (Å²) in [4.78, 5) is 23.6. The topological polar surface area (TPSA) is 58.2 Å². The van der Waals surface area contributed by atoms with Gasteiger partial charge in [-0.25, -0.2) is 0 Å². The van der Waals surface area contributed by atoms with Gasteiger partial charge in [0.15, 0.2) is 0 Å². The van der Waals surface area contributed by atoms with Crippen LogP contribution in [0.15, 0.2) is 54.6 Å². The van der Waals surface area contributed by atoms with Crippen LogP contribution in [-0.4, -0.2) is 24.9 Å². The molecule has 0 radical (unpaired) electrons. The number of nitrogens with one attached hydrogen (secondary N) is 2. The molecule has 0 atom stereocenters. The summed E-state index contributed by atoms with van der Waals surface area (Å²) in [6.45, 7) is 4.87. The fourth-order valence-electron chi connectivity index (χ4n) is 2.33. The third-order valence-electron chi connectivity index (χ3n) is 3.83. The number of carbonyl (C=O) groups is 2. The molecular weight excluding hydrogens is 300 g/mol. The van der Waals surface area contributed by atoms with Crippen molar-refractivity contribution < 1.29 is 9.59 Å². The molecule has 0 fully saturated rings. The summed E-state index contributed by atoms with van der Waals surface area (Å²) in [6.07, 6.45) is 0.775. The highest BCUT2D eigenvalue weighted by Crippen LogP contribution is 2.14. The third-order valence-corrected chi connectivity index (χ3v) is 3.83. The molecule has 0 unspecified atom stereocenters. The van der Waals surface area contributed by atoms with E-state index in [-0.39, 0.29) is 18.4 Å². The normalized spacial score (nSPS) is 10.5. The average molecular weight is 324 g/mol. The first-order valence-corrected chi connectivity index (χ1v) is 8.25. The molecule has 0 aliphatic heterocycles. The van der Waals surface area contributed by atoms with Gasteiger partial charge in [-0.2, -0.15) is 0 Å². The molecule has 0 aliphatic rings. The van der Waals surface area contributed by atoms with Crippen LogP contribution in [0, 0.1) is 0 Å². The van der Waals surface area contributed by atoms with E-state index in [9.17, 15) is 9.59 Å². The molecule has 0 saturated carbocycles. The second-order valence-corrected chi connectivity index (χ2v) is 6.04. The van der Waals surface area contributed by atoms with Crippen molar-refractivity contribution in [3.05, 3.63) is 71.3 Å². The zero-order valence-electron chi connectivity index (χ0n) is 14.2. The van der Waals surface area contributed by atoms with Crippen molar-refractivity contribution in [2.24, 2.45) is 0 Å². The van der Waals surface area contributed by atoms with Gasteiger partial charge in [0.1, 0.15) is 0 Å². The molecule has 0 bridgehead atoms. The number of carbonyl (C=O) groups excluding carboxylic acids is 2. The molecule has 4 nitrogen and oxygen atoms in total. The Morgan fingerprint density at radius 1 is 0.917 bits per heavy atom. The van der Waals surface area contributed by atoms with Gasteiger partial charge in [-0.1, -0.05) is 56.3 Å². The minimum Gasteiger partial charge on any atom is -0.354 e. The van der Waals surface area contributed by atoms with Gasteiger partial charge in [-0.15, -0.1) is 0 Å². The smallest absolute Gasteiger partial charge is 0.251 e. The fourth-order valence-corrected chi connectivity index (χ4v) is 2.33. The molecule has 0 spiro atoms. The van der Waals surface area contributed by atoms with Crippen LogP contribution in [0.2, 0.25) is 0 Å². The average Bonchev–Trinajstić information content (AvgIpc) is 2.61. The maximum absolute atomic E-state index is 11.8. The molecule has 24 heavy (non-hydrogen) atoms. The van der Waals surface area contributed by atoms with Crippen LogP contribution in [0.4, 0.5) is 0 Å². The summed E-state index contributed by atoms with van der Waals surface area (Å²) in [5.74, 6) is 0.0973. The van der Waals surface area contributed by atoms with Crippen molar-refractivity contribution in [1.29, 1.82) is 0 Å². The SMILES string of the molecule is CC(C)c1ccc(CCNC(=O)CNC(=O)c2ccccc2)cc1. The van der Waals surface area contributed by atoms with E-state index in [4.69, 9.17) is 0 Å². The number of amides is 2. The molecule has 0 heterocycles. The second-order valence-electron chi connectivity index (χ2n) is 6.04. The Balaban J connectivity index is 1.69. The molecule has 2 amide bonds. The molecular formula is C20H24N2O2. The largest absolute Gasteiger partial charge is 0.354 e. The summed E-state index contributed by atoms with van der Waals surface area (Å²) < 4.78 is 0. The van der Waals surface area contributed by atoms with Gasteiger partial charge < -0.3 is 10.6 Å². The highest BCUT2D eigenvalue weighted by Gasteiger charge is 2.07. The maximum Gasteiger partial charge on any atom is 0.251 e. The molecule has 126 valence electrons. The lowest BCUT2D eigenvalue weighted by Gasteiger charge is -2.09. The maximum atomic E-state index is 11.8. The number of hydrogen-bond donors (Lipinski definition) is 2. The second kappa shape index (κ2) is 8.87. The highest BCUT2D eigenvalue weighted by atomic mass is 16.2. The molecule has 2 N–H and O–H groups in total. The molecule has 2 rings (SSSR count). The molecule has 2 aromatic rings. The number of benzene rings is 2. The van der Waals surface area contributed by atoms with E-state index in [0.717, 1.165) is 6.42 Å². The minimum absolute atomic E-state index is 0.0139. The first kappa shape index (κ1) is 17.7. The Morgan fingerprint density at radius 2 is 1.58 bits per heavy atom. The van der Waals surface area contributed by atoms with Crippen LogP contribution in [-0.2, 0) is 11.2 Å². The molecule has 2 aromatic carbocycles. The molecule has 0 aliphatic carbocycles. The first-order chi connectivity index (χ1) is 11.6. The lowest BCUT2D eigenvalue weighted by Crippen LogP contribution is -2.37. The van der Waals surface area contributed by atoms with Crippen molar-refractivity contribution in [3.8, 4) is 0 Å². The Labute approximate surface area is 143 Å². The van der Waals surface area contributed by atoms with Crippen LogP contribution in [0.25, 0.3) is 0 Å². The molecule has 0 saturated heterocycles. The van der Waals surface area contributed by atoms with Gasteiger partial charge in [0, 0.05) is 12.1 Å². The van der Waals surface area contributed by atoms with Crippen molar-refractivity contribution in [2.45, 2.75) is 26.2 Å². The predicted molar refractivity (Wildman–Crippen MR) is 96.0 cm³/mol.